The second-order valence-corrected chi connectivity index (χ2v) is 9.25. The molecule has 156 valence electrons. The lowest BCUT2D eigenvalue weighted by Crippen LogP contribution is -1.98. The van der Waals surface area contributed by atoms with E-state index in [2.05, 4.69) is 0 Å². The molecule has 6 N–H and O–H groups in total. The second-order valence-electron chi connectivity index (χ2n) is 6.41. The first-order valence-electron chi connectivity index (χ1n) is 8.48. The van der Waals surface area contributed by atoms with Crippen LogP contribution in [0.5, 0.6) is 0 Å². The van der Waals surface area contributed by atoms with Crippen LogP contribution in [0.15, 0.2) is 82.6 Å². The molecule has 0 fully saturated rings. The van der Waals surface area contributed by atoms with Crippen molar-refractivity contribution >= 4 is 53.2 Å². The molecule has 0 unspecified atom stereocenters. The number of hydrogen-bond acceptors (Lipinski definition) is 6. The van der Waals surface area contributed by atoms with E-state index in [9.17, 15) is 16.8 Å². The Labute approximate surface area is 173 Å². The van der Waals surface area contributed by atoms with Crippen molar-refractivity contribution < 1.29 is 25.9 Å². The zero-order chi connectivity index (χ0) is 22.1. The summed E-state index contributed by atoms with van der Waals surface area (Å²) in [5, 5.41) is 2.91. The molecule has 0 atom stereocenters. The first kappa shape index (κ1) is 21.5. The maximum Gasteiger partial charge on any atom is 0.294 e. The van der Waals surface area contributed by atoms with Crippen molar-refractivity contribution in [3.8, 4) is 0 Å². The average Bonchev–Trinajstić information content (AvgIpc) is 2.67. The molecule has 4 rings (SSSR count). The van der Waals surface area contributed by atoms with Gasteiger partial charge in [-0.3, -0.25) is 9.11 Å². The first-order valence-corrected chi connectivity index (χ1v) is 11.4. The Morgan fingerprint density at radius 1 is 0.567 bits per heavy atom. The summed E-state index contributed by atoms with van der Waals surface area (Å²) in [5.41, 5.74) is 12.5. The Morgan fingerprint density at radius 2 is 1.07 bits per heavy atom. The molecule has 0 aliphatic heterocycles. The predicted molar refractivity (Wildman–Crippen MR) is 116 cm³/mol. The molecule has 0 aromatic heterocycles. The largest absolute Gasteiger partial charge is 0.398 e. The van der Waals surface area contributed by atoms with E-state index in [1.54, 1.807) is 42.5 Å². The molecule has 4 aromatic rings. The van der Waals surface area contributed by atoms with Gasteiger partial charge in [0.05, 0.1) is 9.79 Å². The molecule has 0 aliphatic carbocycles. The molecule has 4 aromatic carbocycles. The summed E-state index contributed by atoms with van der Waals surface area (Å²) in [6.07, 6.45) is 0. The molecule has 0 amide bonds. The third-order valence-corrected chi connectivity index (χ3v) is 6.07. The Morgan fingerprint density at radius 3 is 1.67 bits per heavy atom. The van der Waals surface area contributed by atoms with E-state index in [1.807, 2.05) is 6.07 Å². The van der Waals surface area contributed by atoms with Crippen molar-refractivity contribution in [3.05, 3.63) is 72.8 Å². The lowest BCUT2D eigenvalue weighted by atomic mass is 10.1. The van der Waals surface area contributed by atoms with Crippen molar-refractivity contribution in [3.63, 3.8) is 0 Å². The normalized spacial score (nSPS) is 11.8. The van der Waals surface area contributed by atoms with Gasteiger partial charge in [-0.2, -0.15) is 16.8 Å². The smallest absolute Gasteiger partial charge is 0.294 e. The van der Waals surface area contributed by atoms with Crippen LogP contribution in [0.25, 0.3) is 21.5 Å². The van der Waals surface area contributed by atoms with E-state index in [0.29, 0.717) is 22.1 Å². The van der Waals surface area contributed by atoms with Crippen LogP contribution < -0.4 is 11.5 Å². The highest BCUT2D eigenvalue weighted by Gasteiger charge is 2.11. The maximum absolute atomic E-state index is 10.9. The van der Waals surface area contributed by atoms with Crippen LogP contribution in [0.1, 0.15) is 0 Å². The number of anilines is 2. The van der Waals surface area contributed by atoms with Gasteiger partial charge in [0.2, 0.25) is 0 Å². The molecule has 0 saturated carbocycles. The van der Waals surface area contributed by atoms with Gasteiger partial charge in [-0.05, 0) is 47.2 Å². The van der Waals surface area contributed by atoms with Crippen LogP contribution in [-0.4, -0.2) is 25.9 Å². The second kappa shape index (κ2) is 7.92. The summed E-state index contributed by atoms with van der Waals surface area (Å²) in [7, 11) is -8.31. The first-order chi connectivity index (χ1) is 14.0. The van der Waals surface area contributed by atoms with Crippen molar-refractivity contribution in [2.75, 3.05) is 11.5 Å². The number of benzene rings is 4. The van der Waals surface area contributed by atoms with Crippen LogP contribution >= 0.6 is 0 Å². The van der Waals surface area contributed by atoms with Crippen LogP contribution in [0.4, 0.5) is 11.4 Å². The minimum Gasteiger partial charge on any atom is -0.398 e. The fraction of sp³-hybridized carbons (Fsp3) is 0. The molecule has 0 aliphatic rings. The SMILES string of the molecule is Nc1cccc2cc(S(=O)(=O)O)ccc12.Nc1cccc2ccc(S(=O)(=O)O)cc12. The molecule has 0 spiro atoms. The quantitative estimate of drug-likeness (QED) is 0.269. The molecule has 30 heavy (non-hydrogen) atoms. The average molecular weight is 447 g/mol. The van der Waals surface area contributed by atoms with E-state index in [-0.39, 0.29) is 9.79 Å². The number of nitrogens with two attached hydrogens (primary N) is 2. The highest BCUT2D eigenvalue weighted by Crippen LogP contribution is 2.24. The highest BCUT2D eigenvalue weighted by atomic mass is 32.2. The summed E-state index contributed by atoms with van der Waals surface area (Å²) < 4.78 is 61.3. The summed E-state index contributed by atoms with van der Waals surface area (Å²) in [6, 6.07) is 19.1. The molecule has 8 nitrogen and oxygen atoms in total. The van der Waals surface area contributed by atoms with Crippen molar-refractivity contribution in [2.24, 2.45) is 0 Å². The van der Waals surface area contributed by atoms with Crippen LogP contribution in [0.2, 0.25) is 0 Å². The van der Waals surface area contributed by atoms with Gasteiger partial charge in [0, 0.05) is 22.1 Å². The summed E-state index contributed by atoms with van der Waals surface area (Å²) in [5.74, 6) is 0. The zero-order valence-electron chi connectivity index (χ0n) is 15.4. The Hall–Kier alpha value is -3.18. The fourth-order valence-electron chi connectivity index (χ4n) is 2.88. The summed E-state index contributed by atoms with van der Waals surface area (Å²) in [4.78, 5) is -0.270. The Bertz CT molecular complexity index is 1470. The van der Waals surface area contributed by atoms with E-state index in [4.69, 9.17) is 20.6 Å². The topological polar surface area (TPSA) is 161 Å². The highest BCUT2D eigenvalue weighted by molar-refractivity contribution is 7.86. The van der Waals surface area contributed by atoms with Gasteiger partial charge < -0.3 is 11.5 Å². The lowest BCUT2D eigenvalue weighted by molar-refractivity contribution is 0.481. The van der Waals surface area contributed by atoms with Gasteiger partial charge in [-0.25, -0.2) is 0 Å². The number of rotatable bonds is 2. The Kier molecular flexibility index (Phi) is 5.68. The van der Waals surface area contributed by atoms with Gasteiger partial charge in [0.1, 0.15) is 0 Å². The third-order valence-electron chi connectivity index (χ3n) is 4.37. The molecule has 10 heteroatoms. The maximum atomic E-state index is 10.9. The predicted octanol–water partition coefficient (Wildman–Crippen LogP) is 3.34. The Balaban J connectivity index is 0.000000171. The third kappa shape index (κ3) is 4.69. The van der Waals surface area contributed by atoms with Crippen molar-refractivity contribution in [1.82, 2.24) is 0 Å². The lowest BCUT2D eigenvalue weighted by Gasteiger charge is -2.03. The molecular weight excluding hydrogens is 428 g/mol. The summed E-state index contributed by atoms with van der Waals surface area (Å²) >= 11 is 0. The molecule has 0 radical (unpaired) electrons. The monoisotopic (exact) mass is 446 g/mol. The van der Waals surface area contributed by atoms with Crippen LogP contribution in [-0.2, 0) is 20.2 Å². The van der Waals surface area contributed by atoms with Gasteiger partial charge in [-0.15, -0.1) is 0 Å². The number of hydrogen-bond donors (Lipinski definition) is 4. The van der Waals surface area contributed by atoms with Gasteiger partial charge in [0.15, 0.2) is 0 Å². The van der Waals surface area contributed by atoms with Gasteiger partial charge in [0.25, 0.3) is 20.2 Å². The minimum atomic E-state index is -4.17. The van der Waals surface area contributed by atoms with Crippen LogP contribution in [0, 0.1) is 0 Å². The minimum absolute atomic E-state index is 0.124. The van der Waals surface area contributed by atoms with E-state index in [1.165, 1.54) is 24.3 Å². The van der Waals surface area contributed by atoms with Crippen LogP contribution in [0.3, 0.4) is 0 Å². The number of fused-ring (bicyclic) bond motifs is 2. The molecule has 0 bridgehead atoms. The standard InChI is InChI=1S/2C10H9NO3S/c11-10-3-1-2-7-6-8(15(12,13)14)4-5-9(7)10;11-10-3-1-2-7-4-5-8(6-9(7)10)15(12,13)14/h2*1-6H,11H2,(H,12,13,14). The van der Waals surface area contributed by atoms with E-state index >= 15 is 0 Å². The van der Waals surface area contributed by atoms with Crippen molar-refractivity contribution in [2.45, 2.75) is 9.79 Å². The molecular formula is C20H18N2O6S2. The number of nitrogen functional groups attached to an aromatic ring is 2. The zero-order valence-corrected chi connectivity index (χ0v) is 17.1. The molecule has 0 saturated heterocycles. The van der Waals surface area contributed by atoms with E-state index in [0.717, 1.165) is 10.8 Å². The molecule has 0 heterocycles. The van der Waals surface area contributed by atoms with E-state index < -0.39 is 20.2 Å². The fourth-order valence-corrected chi connectivity index (χ4v) is 3.91. The van der Waals surface area contributed by atoms with Gasteiger partial charge >= 0.3 is 0 Å². The van der Waals surface area contributed by atoms with Gasteiger partial charge in [-0.1, -0.05) is 36.4 Å². The van der Waals surface area contributed by atoms with Crippen molar-refractivity contribution in [1.29, 1.82) is 0 Å². The summed E-state index contributed by atoms with van der Waals surface area (Å²) in [6.45, 7) is 0.